The summed E-state index contributed by atoms with van der Waals surface area (Å²) in [5.74, 6) is 0.618. The van der Waals surface area contributed by atoms with Crippen molar-refractivity contribution in [3.63, 3.8) is 0 Å². The van der Waals surface area contributed by atoms with Crippen molar-refractivity contribution in [1.29, 1.82) is 0 Å². The van der Waals surface area contributed by atoms with Crippen molar-refractivity contribution in [2.75, 3.05) is 19.7 Å². The third-order valence-electron chi connectivity index (χ3n) is 4.50. The van der Waals surface area contributed by atoms with Crippen LogP contribution < -0.4 is 0 Å². The summed E-state index contributed by atoms with van der Waals surface area (Å²) in [6, 6.07) is 10.2. The molecule has 0 spiro atoms. The van der Waals surface area contributed by atoms with Crippen molar-refractivity contribution in [2.24, 2.45) is 5.92 Å². The Hall–Kier alpha value is -1.35. The average Bonchev–Trinajstić information content (AvgIpc) is 2.56. The van der Waals surface area contributed by atoms with Gasteiger partial charge in [0.25, 0.3) is 0 Å². The number of carbonyl (C=O) groups is 1. The average molecular weight is 273 g/mol. The van der Waals surface area contributed by atoms with E-state index >= 15 is 0 Å². The minimum atomic E-state index is 0.0393. The first kappa shape index (κ1) is 13.6. The summed E-state index contributed by atoms with van der Waals surface area (Å²) in [6.07, 6.45) is 5.90. The number of morpholine rings is 1. The fourth-order valence-corrected chi connectivity index (χ4v) is 3.33. The third kappa shape index (κ3) is 3.04. The molecule has 0 aromatic heterocycles. The molecule has 1 aliphatic carbocycles. The summed E-state index contributed by atoms with van der Waals surface area (Å²) in [5.41, 5.74) is 1.17. The van der Waals surface area contributed by atoms with Gasteiger partial charge in [-0.1, -0.05) is 49.6 Å². The fourth-order valence-electron chi connectivity index (χ4n) is 3.33. The van der Waals surface area contributed by atoms with Gasteiger partial charge < -0.3 is 9.64 Å². The van der Waals surface area contributed by atoms with E-state index in [1.165, 1.54) is 24.8 Å². The van der Waals surface area contributed by atoms with Crippen LogP contribution in [0.1, 0.15) is 43.8 Å². The van der Waals surface area contributed by atoms with E-state index in [0.717, 1.165) is 19.4 Å². The highest BCUT2D eigenvalue weighted by molar-refractivity contribution is 5.79. The lowest BCUT2D eigenvalue weighted by molar-refractivity contribution is -0.144. The number of benzene rings is 1. The Morgan fingerprint density at radius 2 is 1.85 bits per heavy atom. The normalized spacial score (nSPS) is 24.6. The van der Waals surface area contributed by atoms with E-state index in [2.05, 4.69) is 12.1 Å². The Morgan fingerprint density at radius 3 is 2.60 bits per heavy atom. The first-order valence-corrected chi connectivity index (χ1v) is 7.80. The molecule has 1 heterocycles. The van der Waals surface area contributed by atoms with Crippen LogP contribution in [0.15, 0.2) is 30.3 Å². The standard InChI is InChI=1S/C17H23NO2/c19-17(15-9-5-2-6-10-15)18-11-12-20-16(13-18)14-7-3-1-4-8-14/h1,3-4,7-8,15-16H,2,5-6,9-13H2. The second kappa shape index (κ2) is 6.40. The molecular formula is C17H23NO2. The zero-order valence-corrected chi connectivity index (χ0v) is 12.0. The molecule has 0 bridgehead atoms. The van der Waals surface area contributed by atoms with Crippen LogP contribution in [-0.2, 0) is 9.53 Å². The number of rotatable bonds is 2. The Morgan fingerprint density at radius 1 is 1.10 bits per heavy atom. The molecule has 1 saturated carbocycles. The quantitative estimate of drug-likeness (QED) is 0.828. The van der Waals surface area contributed by atoms with E-state index < -0.39 is 0 Å². The van der Waals surface area contributed by atoms with Crippen molar-refractivity contribution < 1.29 is 9.53 Å². The van der Waals surface area contributed by atoms with E-state index in [1.807, 2.05) is 23.1 Å². The Labute approximate surface area is 120 Å². The summed E-state index contributed by atoms with van der Waals surface area (Å²) in [7, 11) is 0. The molecule has 3 nitrogen and oxygen atoms in total. The monoisotopic (exact) mass is 273 g/mol. The molecule has 3 rings (SSSR count). The molecule has 0 N–H and O–H groups in total. The van der Waals surface area contributed by atoms with Gasteiger partial charge in [0, 0.05) is 12.5 Å². The predicted molar refractivity (Wildman–Crippen MR) is 78.3 cm³/mol. The van der Waals surface area contributed by atoms with E-state index in [9.17, 15) is 4.79 Å². The number of hydrogen-bond acceptors (Lipinski definition) is 2. The second-order valence-corrected chi connectivity index (χ2v) is 5.89. The SMILES string of the molecule is O=C(C1CCCCC1)N1CCOC(c2ccccc2)C1. The van der Waals surface area contributed by atoms with Crippen LogP contribution in [0.3, 0.4) is 0 Å². The van der Waals surface area contributed by atoms with Gasteiger partial charge in [0.05, 0.1) is 13.2 Å². The molecule has 108 valence electrons. The smallest absolute Gasteiger partial charge is 0.225 e. The van der Waals surface area contributed by atoms with Gasteiger partial charge in [-0.15, -0.1) is 0 Å². The predicted octanol–water partition coefficient (Wildman–Crippen LogP) is 3.17. The molecule has 1 unspecified atom stereocenters. The van der Waals surface area contributed by atoms with E-state index in [1.54, 1.807) is 0 Å². The molecule has 1 aromatic rings. The number of hydrogen-bond donors (Lipinski definition) is 0. The topological polar surface area (TPSA) is 29.5 Å². The molecule has 2 fully saturated rings. The van der Waals surface area contributed by atoms with E-state index in [4.69, 9.17) is 4.74 Å². The summed E-state index contributed by atoms with van der Waals surface area (Å²) in [5, 5.41) is 0. The van der Waals surface area contributed by atoms with Crippen molar-refractivity contribution in [1.82, 2.24) is 4.90 Å². The maximum Gasteiger partial charge on any atom is 0.225 e. The van der Waals surface area contributed by atoms with Gasteiger partial charge in [-0.2, -0.15) is 0 Å². The largest absolute Gasteiger partial charge is 0.370 e. The zero-order valence-electron chi connectivity index (χ0n) is 12.0. The van der Waals surface area contributed by atoms with Crippen LogP contribution >= 0.6 is 0 Å². The van der Waals surface area contributed by atoms with Gasteiger partial charge in [0.15, 0.2) is 0 Å². The Bertz CT molecular complexity index is 440. The number of carbonyl (C=O) groups excluding carboxylic acids is 1. The minimum absolute atomic E-state index is 0.0393. The highest BCUT2D eigenvalue weighted by Crippen LogP contribution is 2.28. The van der Waals surface area contributed by atoms with Crippen LogP contribution in [0.4, 0.5) is 0 Å². The Kier molecular flexibility index (Phi) is 4.36. The minimum Gasteiger partial charge on any atom is -0.370 e. The van der Waals surface area contributed by atoms with Crippen LogP contribution in [0.5, 0.6) is 0 Å². The summed E-state index contributed by atoms with van der Waals surface area (Å²) >= 11 is 0. The molecule has 1 aliphatic heterocycles. The van der Waals surface area contributed by atoms with Crippen LogP contribution in [-0.4, -0.2) is 30.5 Å². The molecule has 1 aromatic carbocycles. The first-order valence-electron chi connectivity index (χ1n) is 7.80. The van der Waals surface area contributed by atoms with Crippen LogP contribution in [0, 0.1) is 5.92 Å². The van der Waals surface area contributed by atoms with Gasteiger partial charge >= 0.3 is 0 Å². The number of amides is 1. The van der Waals surface area contributed by atoms with Crippen molar-refractivity contribution in [2.45, 2.75) is 38.2 Å². The van der Waals surface area contributed by atoms with Gasteiger partial charge in [0.2, 0.25) is 5.91 Å². The van der Waals surface area contributed by atoms with Crippen molar-refractivity contribution >= 4 is 5.91 Å². The molecule has 1 atom stereocenters. The van der Waals surface area contributed by atoms with E-state index in [0.29, 0.717) is 19.1 Å². The van der Waals surface area contributed by atoms with Crippen LogP contribution in [0.25, 0.3) is 0 Å². The molecule has 20 heavy (non-hydrogen) atoms. The second-order valence-electron chi connectivity index (χ2n) is 5.89. The third-order valence-corrected chi connectivity index (χ3v) is 4.50. The summed E-state index contributed by atoms with van der Waals surface area (Å²) in [6.45, 7) is 2.11. The lowest BCUT2D eigenvalue weighted by Gasteiger charge is -2.36. The van der Waals surface area contributed by atoms with Gasteiger partial charge in [-0.3, -0.25) is 4.79 Å². The lowest BCUT2D eigenvalue weighted by atomic mass is 9.88. The van der Waals surface area contributed by atoms with Crippen molar-refractivity contribution in [3.05, 3.63) is 35.9 Å². The van der Waals surface area contributed by atoms with Gasteiger partial charge in [-0.25, -0.2) is 0 Å². The summed E-state index contributed by atoms with van der Waals surface area (Å²) in [4.78, 5) is 14.6. The molecule has 0 radical (unpaired) electrons. The molecule has 2 aliphatic rings. The lowest BCUT2D eigenvalue weighted by Crippen LogP contribution is -2.45. The molecule has 1 amide bonds. The maximum atomic E-state index is 12.6. The van der Waals surface area contributed by atoms with Crippen molar-refractivity contribution in [3.8, 4) is 0 Å². The Balaban J connectivity index is 1.64. The first-order chi connectivity index (χ1) is 9.84. The van der Waals surface area contributed by atoms with Gasteiger partial charge in [-0.05, 0) is 18.4 Å². The maximum absolute atomic E-state index is 12.6. The van der Waals surface area contributed by atoms with E-state index in [-0.39, 0.29) is 12.0 Å². The number of ether oxygens (including phenoxy) is 1. The highest BCUT2D eigenvalue weighted by atomic mass is 16.5. The highest BCUT2D eigenvalue weighted by Gasteiger charge is 2.30. The molecule has 3 heteroatoms. The summed E-state index contributed by atoms with van der Waals surface area (Å²) < 4.78 is 5.84. The molecular weight excluding hydrogens is 250 g/mol. The van der Waals surface area contributed by atoms with Gasteiger partial charge in [0.1, 0.15) is 6.10 Å². The number of nitrogens with zero attached hydrogens (tertiary/aromatic N) is 1. The molecule has 1 saturated heterocycles. The fraction of sp³-hybridized carbons (Fsp3) is 0.588. The zero-order chi connectivity index (χ0) is 13.8. The van der Waals surface area contributed by atoms with Crippen LogP contribution in [0.2, 0.25) is 0 Å².